The molecule has 94 valence electrons. The van der Waals surface area contributed by atoms with Crippen LogP contribution in [0.25, 0.3) is 0 Å². The number of aromatic hydroxyl groups is 1. The van der Waals surface area contributed by atoms with Crippen molar-refractivity contribution in [2.75, 3.05) is 12.8 Å². The lowest BCUT2D eigenvalue weighted by Crippen LogP contribution is -2.18. The van der Waals surface area contributed by atoms with Crippen LogP contribution in [0.3, 0.4) is 0 Å². The lowest BCUT2D eigenvalue weighted by molar-refractivity contribution is 0.458. The Morgan fingerprint density at radius 3 is 2.39 bits per heavy atom. The molecule has 0 saturated carbocycles. The highest BCUT2D eigenvalue weighted by atomic mass is 32.2. The molecule has 0 aliphatic rings. The van der Waals surface area contributed by atoms with Crippen LogP contribution in [0.1, 0.15) is 11.6 Å². The quantitative estimate of drug-likeness (QED) is 0.807. The number of rotatable bonds is 5. The molecule has 2 aromatic rings. The summed E-state index contributed by atoms with van der Waals surface area (Å²) in [5.41, 5.74) is 0.948. The summed E-state index contributed by atoms with van der Waals surface area (Å²) in [4.78, 5) is 1.24. The highest BCUT2D eigenvalue weighted by molar-refractivity contribution is 7.99. The number of hydrogen-bond acceptors (Lipinski definition) is 3. The molecule has 0 heterocycles. The fourth-order valence-electron chi connectivity index (χ4n) is 1.81. The zero-order valence-electron chi connectivity index (χ0n) is 10.3. The predicted molar refractivity (Wildman–Crippen MR) is 77.1 cm³/mol. The average molecular weight is 259 g/mol. The molecule has 0 unspecified atom stereocenters. The minimum atomic E-state index is 0.149. The van der Waals surface area contributed by atoms with Gasteiger partial charge >= 0.3 is 0 Å². The molecule has 0 aliphatic heterocycles. The van der Waals surface area contributed by atoms with Crippen LogP contribution in [0.15, 0.2) is 59.5 Å². The molecule has 2 aromatic carbocycles. The van der Waals surface area contributed by atoms with E-state index < -0.39 is 0 Å². The molecule has 2 N–H and O–H groups in total. The van der Waals surface area contributed by atoms with E-state index in [4.69, 9.17) is 0 Å². The minimum Gasteiger partial charge on any atom is -0.508 e. The zero-order valence-corrected chi connectivity index (χ0v) is 11.2. The van der Waals surface area contributed by atoms with E-state index in [9.17, 15) is 5.11 Å². The van der Waals surface area contributed by atoms with Gasteiger partial charge in [0.1, 0.15) is 5.75 Å². The van der Waals surface area contributed by atoms with E-state index in [-0.39, 0.29) is 6.04 Å². The Kier molecular flexibility index (Phi) is 4.67. The van der Waals surface area contributed by atoms with Crippen LogP contribution in [0.2, 0.25) is 0 Å². The highest BCUT2D eigenvalue weighted by Crippen LogP contribution is 2.28. The maximum atomic E-state index is 9.86. The average Bonchev–Trinajstić information content (AvgIpc) is 2.42. The van der Waals surface area contributed by atoms with Crippen molar-refractivity contribution in [3.63, 3.8) is 0 Å². The molecule has 2 rings (SSSR count). The van der Waals surface area contributed by atoms with Crippen molar-refractivity contribution in [1.82, 2.24) is 5.32 Å². The largest absolute Gasteiger partial charge is 0.508 e. The molecule has 0 bridgehead atoms. The first kappa shape index (κ1) is 13.0. The van der Waals surface area contributed by atoms with E-state index in [0.717, 1.165) is 11.3 Å². The SMILES string of the molecule is CN[C@@H](CSc1ccccc1)c1ccccc1O. The van der Waals surface area contributed by atoms with Crippen molar-refractivity contribution in [2.45, 2.75) is 10.9 Å². The van der Waals surface area contributed by atoms with Crippen LogP contribution in [0.4, 0.5) is 0 Å². The van der Waals surface area contributed by atoms with Gasteiger partial charge in [0.05, 0.1) is 0 Å². The molecule has 0 spiro atoms. The lowest BCUT2D eigenvalue weighted by atomic mass is 10.1. The van der Waals surface area contributed by atoms with Crippen LogP contribution >= 0.6 is 11.8 Å². The molecule has 0 saturated heterocycles. The van der Waals surface area contributed by atoms with Gasteiger partial charge in [0.2, 0.25) is 0 Å². The van der Waals surface area contributed by atoms with Crippen LogP contribution in [-0.4, -0.2) is 17.9 Å². The summed E-state index contributed by atoms with van der Waals surface area (Å²) in [6.45, 7) is 0. The van der Waals surface area contributed by atoms with Gasteiger partial charge in [0.25, 0.3) is 0 Å². The molecule has 0 aliphatic carbocycles. The van der Waals surface area contributed by atoms with E-state index in [1.54, 1.807) is 17.8 Å². The summed E-state index contributed by atoms with van der Waals surface area (Å²) in [5.74, 6) is 1.24. The topological polar surface area (TPSA) is 32.3 Å². The normalized spacial score (nSPS) is 12.3. The number of phenolic OH excluding ortho intramolecular Hbond substituents is 1. The van der Waals surface area contributed by atoms with E-state index in [1.165, 1.54) is 4.90 Å². The van der Waals surface area contributed by atoms with E-state index >= 15 is 0 Å². The van der Waals surface area contributed by atoms with Gasteiger partial charge in [-0.3, -0.25) is 0 Å². The molecule has 0 amide bonds. The number of para-hydroxylation sites is 1. The maximum absolute atomic E-state index is 9.86. The number of hydrogen-bond donors (Lipinski definition) is 2. The summed E-state index contributed by atoms with van der Waals surface area (Å²) in [7, 11) is 1.92. The summed E-state index contributed by atoms with van der Waals surface area (Å²) in [5, 5.41) is 13.1. The summed E-state index contributed by atoms with van der Waals surface area (Å²) in [6.07, 6.45) is 0. The predicted octanol–water partition coefficient (Wildman–Crippen LogP) is 3.45. The van der Waals surface area contributed by atoms with Gasteiger partial charge in [-0.2, -0.15) is 0 Å². The molecular formula is C15H17NOS. The molecule has 18 heavy (non-hydrogen) atoms. The zero-order chi connectivity index (χ0) is 12.8. The fraction of sp³-hybridized carbons (Fsp3) is 0.200. The smallest absolute Gasteiger partial charge is 0.120 e. The van der Waals surface area contributed by atoms with Gasteiger partial charge in [0.15, 0.2) is 0 Å². The molecular weight excluding hydrogens is 242 g/mol. The van der Waals surface area contributed by atoms with E-state index in [0.29, 0.717) is 5.75 Å². The lowest BCUT2D eigenvalue weighted by Gasteiger charge is -2.17. The van der Waals surface area contributed by atoms with E-state index in [1.807, 2.05) is 43.4 Å². The maximum Gasteiger partial charge on any atom is 0.120 e. The third kappa shape index (κ3) is 3.28. The number of phenols is 1. The Labute approximate surface area is 112 Å². The second kappa shape index (κ2) is 6.47. The summed E-state index contributed by atoms with van der Waals surface area (Å²) in [6, 6.07) is 17.9. The first-order valence-electron chi connectivity index (χ1n) is 5.94. The molecule has 0 fully saturated rings. The first-order valence-corrected chi connectivity index (χ1v) is 6.93. The Morgan fingerprint density at radius 1 is 1.06 bits per heavy atom. The third-order valence-corrected chi connectivity index (χ3v) is 3.93. The first-order chi connectivity index (χ1) is 8.81. The van der Waals surface area contributed by atoms with Crippen LogP contribution in [0, 0.1) is 0 Å². The van der Waals surface area contributed by atoms with Crippen LogP contribution in [0.5, 0.6) is 5.75 Å². The summed E-state index contributed by atoms with van der Waals surface area (Å²) >= 11 is 1.78. The van der Waals surface area contributed by atoms with Crippen molar-refractivity contribution in [2.24, 2.45) is 0 Å². The highest BCUT2D eigenvalue weighted by Gasteiger charge is 2.13. The molecule has 3 heteroatoms. The monoisotopic (exact) mass is 259 g/mol. The van der Waals surface area contributed by atoms with Crippen molar-refractivity contribution in [3.05, 3.63) is 60.2 Å². The number of benzene rings is 2. The fourth-order valence-corrected chi connectivity index (χ4v) is 2.86. The van der Waals surface area contributed by atoms with Gasteiger partial charge in [-0.15, -0.1) is 11.8 Å². The Bertz CT molecular complexity index is 487. The van der Waals surface area contributed by atoms with Crippen molar-refractivity contribution in [1.29, 1.82) is 0 Å². The molecule has 1 atom stereocenters. The molecule has 2 nitrogen and oxygen atoms in total. The van der Waals surface area contributed by atoms with Gasteiger partial charge in [0, 0.05) is 22.3 Å². The standard InChI is InChI=1S/C15H17NOS/c1-16-14(13-9-5-6-10-15(13)17)11-18-12-7-3-2-4-8-12/h2-10,14,16-17H,11H2,1H3/t14-/m0/s1. The second-order valence-electron chi connectivity index (χ2n) is 4.02. The summed E-state index contributed by atoms with van der Waals surface area (Å²) < 4.78 is 0. The van der Waals surface area contributed by atoms with Gasteiger partial charge in [-0.05, 0) is 25.2 Å². The van der Waals surface area contributed by atoms with Gasteiger partial charge in [-0.25, -0.2) is 0 Å². The Morgan fingerprint density at radius 2 is 1.72 bits per heavy atom. The van der Waals surface area contributed by atoms with Crippen LogP contribution < -0.4 is 5.32 Å². The van der Waals surface area contributed by atoms with E-state index in [2.05, 4.69) is 17.4 Å². The van der Waals surface area contributed by atoms with Crippen LogP contribution in [-0.2, 0) is 0 Å². The van der Waals surface area contributed by atoms with Crippen molar-refractivity contribution in [3.8, 4) is 5.75 Å². The molecule has 0 radical (unpaired) electrons. The van der Waals surface area contributed by atoms with Gasteiger partial charge < -0.3 is 10.4 Å². The number of nitrogens with one attached hydrogen (secondary N) is 1. The Hall–Kier alpha value is -1.45. The Balaban J connectivity index is 2.04. The van der Waals surface area contributed by atoms with Crippen molar-refractivity contribution >= 4 is 11.8 Å². The van der Waals surface area contributed by atoms with Crippen molar-refractivity contribution < 1.29 is 5.11 Å². The van der Waals surface area contributed by atoms with Gasteiger partial charge in [-0.1, -0.05) is 36.4 Å². The molecule has 0 aromatic heterocycles. The number of thioether (sulfide) groups is 1. The minimum absolute atomic E-state index is 0.149. The third-order valence-electron chi connectivity index (χ3n) is 2.82. The second-order valence-corrected chi connectivity index (χ2v) is 5.12.